The molecule has 0 aliphatic carbocycles. The lowest BCUT2D eigenvalue weighted by atomic mass is 10.1. The number of para-hydroxylation sites is 1. The van der Waals surface area contributed by atoms with Crippen molar-refractivity contribution in [3.05, 3.63) is 77.9 Å². The van der Waals surface area contributed by atoms with Crippen LogP contribution in [0.1, 0.15) is 22.8 Å². The highest BCUT2D eigenvalue weighted by Crippen LogP contribution is 2.36. The van der Waals surface area contributed by atoms with E-state index in [1.165, 1.54) is 11.8 Å². The summed E-state index contributed by atoms with van der Waals surface area (Å²) in [6.45, 7) is 3.70. The third kappa shape index (κ3) is 4.81. The van der Waals surface area contributed by atoms with Crippen molar-refractivity contribution >= 4 is 51.6 Å². The van der Waals surface area contributed by atoms with Crippen LogP contribution in [-0.4, -0.2) is 21.3 Å². The Bertz CT molecular complexity index is 1180. The highest BCUT2D eigenvalue weighted by Gasteiger charge is 2.24. The third-order valence-corrected chi connectivity index (χ3v) is 7.10. The molecular formula is C23H21N3O3S2. The largest absolute Gasteiger partial charge is 0.324 e. The SMILES string of the molecule is Cc1cc(S(=O)Nc2ccccc2)ccc1NC(=O)c1ccc2c(c1)NC(=O)C(C)S2. The molecule has 3 aromatic carbocycles. The monoisotopic (exact) mass is 451 g/mol. The van der Waals surface area contributed by atoms with Crippen LogP contribution in [0.5, 0.6) is 0 Å². The minimum atomic E-state index is -1.41. The number of fused-ring (bicyclic) bond motifs is 1. The molecule has 1 aliphatic rings. The molecule has 2 amide bonds. The molecule has 0 radical (unpaired) electrons. The first-order valence-electron chi connectivity index (χ1n) is 9.68. The van der Waals surface area contributed by atoms with Gasteiger partial charge in [0.1, 0.15) is 11.0 Å². The molecule has 8 heteroatoms. The van der Waals surface area contributed by atoms with Gasteiger partial charge in [0, 0.05) is 21.8 Å². The fourth-order valence-corrected chi connectivity index (χ4v) is 4.98. The first-order chi connectivity index (χ1) is 14.9. The van der Waals surface area contributed by atoms with Crippen LogP contribution in [-0.2, 0) is 15.8 Å². The molecule has 1 heterocycles. The summed E-state index contributed by atoms with van der Waals surface area (Å²) < 4.78 is 15.5. The average molecular weight is 452 g/mol. The van der Waals surface area contributed by atoms with E-state index in [1.54, 1.807) is 30.3 Å². The minimum absolute atomic E-state index is 0.0707. The standard InChI is InChI=1S/C23H21N3O3S2/c1-14-12-18(31(29)26-17-6-4-3-5-7-17)9-10-19(14)24-23(28)16-8-11-21-20(13-16)25-22(27)15(2)30-21/h3-13,15,26H,1-2H3,(H,24,28)(H,25,27). The van der Waals surface area contributed by atoms with Gasteiger partial charge in [0.15, 0.2) is 0 Å². The number of carbonyl (C=O) groups is 2. The minimum Gasteiger partial charge on any atom is -0.324 e. The van der Waals surface area contributed by atoms with Gasteiger partial charge in [0.2, 0.25) is 5.91 Å². The topological polar surface area (TPSA) is 87.3 Å². The van der Waals surface area contributed by atoms with Gasteiger partial charge in [-0.25, -0.2) is 4.21 Å². The lowest BCUT2D eigenvalue weighted by Crippen LogP contribution is -2.26. The lowest BCUT2D eigenvalue weighted by molar-refractivity contribution is -0.115. The fourth-order valence-electron chi connectivity index (χ4n) is 3.11. The number of amides is 2. The fraction of sp³-hybridized carbons (Fsp3) is 0.130. The van der Waals surface area contributed by atoms with Crippen LogP contribution >= 0.6 is 11.8 Å². The van der Waals surface area contributed by atoms with Crippen LogP contribution in [0.4, 0.5) is 17.1 Å². The summed E-state index contributed by atoms with van der Waals surface area (Å²) in [5.41, 5.74) is 3.30. The van der Waals surface area contributed by atoms with E-state index < -0.39 is 11.0 Å². The second kappa shape index (κ2) is 8.95. The van der Waals surface area contributed by atoms with Crippen molar-refractivity contribution in [2.24, 2.45) is 0 Å². The van der Waals surface area contributed by atoms with E-state index >= 15 is 0 Å². The molecule has 31 heavy (non-hydrogen) atoms. The molecule has 0 spiro atoms. The Morgan fingerprint density at radius 3 is 2.58 bits per heavy atom. The Morgan fingerprint density at radius 1 is 1.06 bits per heavy atom. The van der Waals surface area contributed by atoms with Gasteiger partial charge < -0.3 is 15.4 Å². The summed E-state index contributed by atoms with van der Waals surface area (Å²) in [7, 11) is -1.41. The molecule has 158 valence electrons. The molecular weight excluding hydrogens is 430 g/mol. The predicted octanol–water partition coefficient (Wildman–Crippen LogP) is 4.81. The van der Waals surface area contributed by atoms with Gasteiger partial charge in [-0.05, 0) is 67.9 Å². The van der Waals surface area contributed by atoms with E-state index in [-0.39, 0.29) is 17.1 Å². The summed E-state index contributed by atoms with van der Waals surface area (Å²) >= 11 is 1.47. The van der Waals surface area contributed by atoms with Crippen molar-refractivity contribution in [2.45, 2.75) is 28.9 Å². The van der Waals surface area contributed by atoms with E-state index in [1.807, 2.05) is 50.2 Å². The van der Waals surface area contributed by atoms with Crippen molar-refractivity contribution in [3.8, 4) is 0 Å². The first kappa shape index (κ1) is 21.1. The van der Waals surface area contributed by atoms with Crippen molar-refractivity contribution in [1.82, 2.24) is 0 Å². The normalized spacial score (nSPS) is 16.1. The van der Waals surface area contributed by atoms with Gasteiger partial charge in [-0.2, -0.15) is 0 Å². The van der Waals surface area contributed by atoms with Gasteiger partial charge in [0.25, 0.3) is 5.91 Å². The third-order valence-electron chi connectivity index (χ3n) is 4.82. The maximum absolute atomic E-state index is 12.8. The highest BCUT2D eigenvalue weighted by molar-refractivity contribution is 8.01. The highest BCUT2D eigenvalue weighted by atomic mass is 32.2. The molecule has 0 bridgehead atoms. The van der Waals surface area contributed by atoms with Crippen molar-refractivity contribution in [3.63, 3.8) is 0 Å². The van der Waals surface area contributed by atoms with E-state index in [9.17, 15) is 13.8 Å². The maximum Gasteiger partial charge on any atom is 0.255 e. The zero-order valence-electron chi connectivity index (χ0n) is 17.0. The van der Waals surface area contributed by atoms with Crippen molar-refractivity contribution in [2.75, 3.05) is 15.4 Å². The summed E-state index contributed by atoms with van der Waals surface area (Å²) in [6.07, 6.45) is 0. The van der Waals surface area contributed by atoms with Gasteiger partial charge in [-0.3, -0.25) is 9.59 Å². The molecule has 2 atom stereocenters. The zero-order chi connectivity index (χ0) is 22.0. The molecule has 3 aromatic rings. The Kier molecular flexibility index (Phi) is 6.11. The molecule has 4 rings (SSSR count). The molecule has 1 aliphatic heterocycles. The molecule has 0 aromatic heterocycles. The molecule has 3 N–H and O–H groups in total. The number of thioether (sulfide) groups is 1. The van der Waals surface area contributed by atoms with Crippen LogP contribution in [0, 0.1) is 6.92 Å². The van der Waals surface area contributed by atoms with E-state index in [4.69, 9.17) is 0 Å². The summed E-state index contributed by atoms with van der Waals surface area (Å²) in [5.74, 6) is -0.348. The Labute approximate surface area is 187 Å². The summed E-state index contributed by atoms with van der Waals surface area (Å²) in [6, 6.07) is 19.8. The van der Waals surface area contributed by atoms with Crippen molar-refractivity contribution in [1.29, 1.82) is 0 Å². The Balaban J connectivity index is 1.47. The number of carbonyl (C=O) groups excluding carboxylic acids is 2. The van der Waals surface area contributed by atoms with Crippen LogP contribution in [0.15, 0.2) is 76.5 Å². The predicted molar refractivity (Wildman–Crippen MR) is 126 cm³/mol. The van der Waals surface area contributed by atoms with Crippen LogP contribution in [0.3, 0.4) is 0 Å². The second-order valence-corrected chi connectivity index (χ2v) is 9.72. The van der Waals surface area contributed by atoms with E-state index in [2.05, 4.69) is 15.4 Å². The Morgan fingerprint density at radius 2 is 1.84 bits per heavy atom. The zero-order valence-corrected chi connectivity index (χ0v) is 18.6. The molecule has 6 nitrogen and oxygen atoms in total. The van der Waals surface area contributed by atoms with Gasteiger partial charge in [-0.15, -0.1) is 11.8 Å². The summed E-state index contributed by atoms with van der Waals surface area (Å²) in [5, 5.41) is 5.57. The number of nitrogens with one attached hydrogen (secondary N) is 3. The van der Waals surface area contributed by atoms with E-state index in [0.29, 0.717) is 21.8 Å². The first-order valence-corrected chi connectivity index (χ1v) is 11.7. The smallest absolute Gasteiger partial charge is 0.255 e. The quantitative estimate of drug-likeness (QED) is 0.519. The molecule has 0 saturated carbocycles. The molecule has 0 fully saturated rings. The second-order valence-electron chi connectivity index (χ2n) is 7.13. The van der Waals surface area contributed by atoms with Crippen LogP contribution < -0.4 is 15.4 Å². The number of rotatable bonds is 5. The van der Waals surface area contributed by atoms with E-state index in [0.717, 1.165) is 16.1 Å². The van der Waals surface area contributed by atoms with Gasteiger partial charge >= 0.3 is 0 Å². The number of benzene rings is 3. The van der Waals surface area contributed by atoms with Gasteiger partial charge in [0.05, 0.1) is 15.8 Å². The number of hydrogen-bond donors (Lipinski definition) is 3. The van der Waals surface area contributed by atoms with Gasteiger partial charge in [-0.1, -0.05) is 18.2 Å². The summed E-state index contributed by atoms with van der Waals surface area (Å²) in [4.78, 5) is 26.2. The molecule has 0 saturated heterocycles. The number of hydrogen-bond acceptors (Lipinski definition) is 4. The number of anilines is 3. The average Bonchev–Trinajstić information content (AvgIpc) is 2.76. The van der Waals surface area contributed by atoms with Crippen molar-refractivity contribution < 1.29 is 13.8 Å². The van der Waals surface area contributed by atoms with Crippen LogP contribution in [0.2, 0.25) is 0 Å². The molecule has 2 unspecified atom stereocenters. The lowest BCUT2D eigenvalue weighted by Gasteiger charge is -2.21. The Hall–Kier alpha value is -3.10. The maximum atomic E-state index is 12.8. The van der Waals surface area contributed by atoms with Crippen LogP contribution in [0.25, 0.3) is 0 Å². The number of aryl methyl sites for hydroxylation is 1.